The molecule has 4 nitrogen and oxygen atoms in total. The molecule has 0 aliphatic carbocycles. The monoisotopic (exact) mass is 392 g/mol. The summed E-state index contributed by atoms with van der Waals surface area (Å²) < 4.78 is 5.30. The average Bonchev–Trinajstić information content (AvgIpc) is 2.98. The van der Waals surface area contributed by atoms with Crippen molar-refractivity contribution in [2.24, 2.45) is 5.73 Å². The van der Waals surface area contributed by atoms with Crippen molar-refractivity contribution in [3.8, 4) is 11.3 Å². The minimum Gasteiger partial charge on any atom is -0.465 e. The fourth-order valence-electron chi connectivity index (χ4n) is 3.97. The number of aryl methyl sites for hydroxylation is 2. The number of rotatable bonds is 6. The predicted octanol–water partition coefficient (Wildman–Crippen LogP) is 5.18. The van der Waals surface area contributed by atoms with Crippen molar-refractivity contribution >= 4 is 16.9 Å². The number of hydrogen-bond acceptors (Lipinski definition) is 3. The zero-order valence-corrected chi connectivity index (χ0v) is 18.3. The van der Waals surface area contributed by atoms with Crippen molar-refractivity contribution in [1.82, 2.24) is 4.98 Å². The zero-order valence-electron chi connectivity index (χ0n) is 18.3. The molecule has 154 valence electrons. The van der Waals surface area contributed by atoms with Crippen molar-refractivity contribution < 1.29 is 9.53 Å². The molecule has 1 heterocycles. The molecule has 1 unspecified atom stereocenters. The van der Waals surface area contributed by atoms with Gasteiger partial charge < -0.3 is 15.5 Å². The predicted molar refractivity (Wildman–Crippen MR) is 120 cm³/mol. The van der Waals surface area contributed by atoms with Gasteiger partial charge >= 0.3 is 5.97 Å². The number of aromatic amines is 1. The first-order chi connectivity index (χ1) is 13.6. The molecule has 0 fully saturated rings. The third-order valence-corrected chi connectivity index (χ3v) is 5.45. The molecule has 0 amide bonds. The highest BCUT2D eigenvalue weighted by Crippen LogP contribution is 2.35. The number of nitrogens with one attached hydrogen (secondary N) is 1. The molecule has 3 aromatic rings. The third-order valence-electron chi connectivity index (χ3n) is 5.45. The summed E-state index contributed by atoms with van der Waals surface area (Å²) in [4.78, 5) is 16.1. The first-order valence-electron chi connectivity index (χ1n) is 10.3. The normalized spacial score (nSPS) is 12.9. The second-order valence-electron chi connectivity index (χ2n) is 8.64. The maximum Gasteiger partial charge on any atom is 0.315 e. The molecule has 1 aromatic heterocycles. The molecule has 0 saturated carbocycles. The highest BCUT2D eigenvalue weighted by atomic mass is 16.5. The van der Waals surface area contributed by atoms with Crippen LogP contribution < -0.4 is 5.73 Å². The maximum atomic E-state index is 12.5. The van der Waals surface area contributed by atoms with Crippen LogP contribution in [0, 0.1) is 13.8 Å². The summed E-state index contributed by atoms with van der Waals surface area (Å²) in [5, 5.41) is 1.12. The van der Waals surface area contributed by atoms with Gasteiger partial charge in [0.25, 0.3) is 0 Å². The van der Waals surface area contributed by atoms with Crippen molar-refractivity contribution in [1.29, 1.82) is 0 Å². The van der Waals surface area contributed by atoms with Crippen LogP contribution in [0.1, 0.15) is 49.9 Å². The molecule has 4 heteroatoms. The van der Waals surface area contributed by atoms with Gasteiger partial charge in [0, 0.05) is 22.6 Å². The van der Waals surface area contributed by atoms with E-state index in [1.807, 2.05) is 33.8 Å². The van der Waals surface area contributed by atoms with Gasteiger partial charge in [0.05, 0.1) is 12.0 Å². The van der Waals surface area contributed by atoms with Crippen LogP contribution in [0.3, 0.4) is 0 Å². The summed E-state index contributed by atoms with van der Waals surface area (Å²) in [6.07, 6.45) is 0.756. The van der Waals surface area contributed by atoms with E-state index in [2.05, 4.69) is 49.2 Å². The molecule has 0 bridgehead atoms. The van der Waals surface area contributed by atoms with Crippen LogP contribution in [-0.2, 0) is 21.4 Å². The number of carbonyl (C=O) groups excluding carboxylic acids is 1. The Labute approximate surface area is 173 Å². The van der Waals surface area contributed by atoms with E-state index in [4.69, 9.17) is 10.5 Å². The minimum atomic E-state index is -0.715. The smallest absolute Gasteiger partial charge is 0.315 e. The summed E-state index contributed by atoms with van der Waals surface area (Å²) in [6, 6.07) is 12.8. The topological polar surface area (TPSA) is 68.1 Å². The highest BCUT2D eigenvalue weighted by molar-refractivity contribution is 5.93. The Morgan fingerprint density at radius 3 is 2.38 bits per heavy atom. The first kappa shape index (κ1) is 21.1. The van der Waals surface area contributed by atoms with Gasteiger partial charge in [0.1, 0.15) is 0 Å². The molecule has 0 saturated heterocycles. The molecule has 0 spiro atoms. The van der Waals surface area contributed by atoms with Crippen molar-refractivity contribution in [2.75, 3.05) is 6.61 Å². The molecule has 1 atom stereocenters. The van der Waals surface area contributed by atoms with Crippen LogP contribution in [-0.4, -0.2) is 23.6 Å². The number of aromatic nitrogens is 1. The molecule has 0 radical (unpaired) electrons. The number of carbonyl (C=O) groups is 1. The Morgan fingerprint density at radius 1 is 1.14 bits per heavy atom. The van der Waals surface area contributed by atoms with Crippen LogP contribution in [0.15, 0.2) is 36.4 Å². The molecule has 2 aromatic carbocycles. The molecule has 0 aliphatic heterocycles. The van der Waals surface area contributed by atoms with Gasteiger partial charge in [0.2, 0.25) is 0 Å². The minimum absolute atomic E-state index is 0.0281. The fraction of sp³-hybridized carbons (Fsp3) is 0.400. The Kier molecular flexibility index (Phi) is 5.85. The summed E-state index contributed by atoms with van der Waals surface area (Å²) in [5.41, 5.74) is 13.4. The molecular formula is C25H32N2O2. The van der Waals surface area contributed by atoms with Crippen LogP contribution in [0.2, 0.25) is 0 Å². The van der Waals surface area contributed by atoms with E-state index in [9.17, 15) is 4.79 Å². The summed E-state index contributed by atoms with van der Waals surface area (Å²) >= 11 is 0. The number of ether oxygens (including phenoxy) is 1. The number of esters is 1. The molecule has 29 heavy (non-hydrogen) atoms. The van der Waals surface area contributed by atoms with E-state index in [1.54, 1.807) is 0 Å². The lowest BCUT2D eigenvalue weighted by Gasteiger charge is -2.23. The van der Waals surface area contributed by atoms with Crippen molar-refractivity contribution in [3.63, 3.8) is 0 Å². The number of fused-ring (bicyclic) bond motifs is 1. The van der Waals surface area contributed by atoms with Crippen LogP contribution in [0.4, 0.5) is 0 Å². The number of hydrogen-bond donors (Lipinski definition) is 2. The van der Waals surface area contributed by atoms with Crippen molar-refractivity contribution in [3.05, 3.63) is 58.7 Å². The van der Waals surface area contributed by atoms with Crippen LogP contribution >= 0.6 is 0 Å². The van der Waals surface area contributed by atoms with E-state index in [1.165, 1.54) is 22.3 Å². The Hall–Kier alpha value is -2.59. The van der Waals surface area contributed by atoms with E-state index in [-0.39, 0.29) is 12.0 Å². The van der Waals surface area contributed by atoms with Crippen LogP contribution in [0.25, 0.3) is 22.2 Å². The van der Waals surface area contributed by atoms with Gasteiger partial charge in [-0.1, -0.05) is 23.3 Å². The second-order valence-corrected chi connectivity index (χ2v) is 8.64. The average molecular weight is 393 g/mol. The molecule has 3 N–H and O–H groups in total. The van der Waals surface area contributed by atoms with Gasteiger partial charge in [-0.15, -0.1) is 0 Å². The van der Waals surface area contributed by atoms with E-state index in [0.717, 1.165) is 28.6 Å². The maximum absolute atomic E-state index is 12.5. The second kappa shape index (κ2) is 8.03. The Bertz CT molecular complexity index is 1020. The molecule has 3 rings (SSSR count). The number of H-pyrrole nitrogens is 1. The summed E-state index contributed by atoms with van der Waals surface area (Å²) in [6.45, 7) is 12.3. The number of benzene rings is 2. The van der Waals surface area contributed by atoms with Crippen molar-refractivity contribution in [2.45, 2.75) is 59.4 Å². The number of nitrogens with two attached hydrogens (primary N) is 1. The highest BCUT2D eigenvalue weighted by Gasteiger charge is 2.32. The van der Waals surface area contributed by atoms with Gasteiger partial charge in [-0.05, 0) is 88.9 Å². The lowest BCUT2D eigenvalue weighted by molar-refractivity contribution is -0.148. The standard InChI is InChI=1S/C25H32N2O2/c1-7-29-24(28)25(5,6)19-8-9-22-20(14-19)21(13-17(4)26)23(27-22)18-11-15(2)10-16(3)12-18/h8-12,14,17,27H,7,13,26H2,1-6H3. The fourth-order valence-corrected chi connectivity index (χ4v) is 3.97. The largest absolute Gasteiger partial charge is 0.465 e. The quantitative estimate of drug-likeness (QED) is 0.568. The van der Waals surface area contributed by atoms with E-state index < -0.39 is 5.41 Å². The van der Waals surface area contributed by atoms with E-state index >= 15 is 0 Å². The molecule has 0 aliphatic rings. The van der Waals surface area contributed by atoms with Gasteiger partial charge in [-0.25, -0.2) is 0 Å². The van der Waals surface area contributed by atoms with Gasteiger partial charge in [-0.2, -0.15) is 0 Å². The molecular weight excluding hydrogens is 360 g/mol. The zero-order chi connectivity index (χ0) is 21.3. The SMILES string of the molecule is CCOC(=O)C(C)(C)c1ccc2[nH]c(-c3cc(C)cc(C)c3)c(CC(C)N)c2c1. The Balaban J connectivity index is 2.20. The summed E-state index contributed by atoms with van der Waals surface area (Å²) in [7, 11) is 0. The van der Waals surface area contributed by atoms with Gasteiger partial charge in [0.15, 0.2) is 0 Å². The third kappa shape index (κ3) is 4.23. The van der Waals surface area contributed by atoms with E-state index in [0.29, 0.717) is 6.61 Å². The first-order valence-corrected chi connectivity index (χ1v) is 10.3. The Morgan fingerprint density at radius 2 is 1.79 bits per heavy atom. The van der Waals surface area contributed by atoms with Crippen LogP contribution in [0.5, 0.6) is 0 Å². The lowest BCUT2D eigenvalue weighted by atomic mass is 9.83. The van der Waals surface area contributed by atoms with Gasteiger partial charge in [-0.3, -0.25) is 4.79 Å². The summed E-state index contributed by atoms with van der Waals surface area (Å²) in [5.74, 6) is -0.210. The lowest BCUT2D eigenvalue weighted by Crippen LogP contribution is -2.31.